The fraction of sp³-hybridized carbons (Fsp3) is 0.179. The molecule has 0 saturated carbocycles. The molecule has 7 nitrogen and oxygen atoms in total. The zero-order valence-electron chi connectivity index (χ0n) is 20.7. The second kappa shape index (κ2) is 10.6. The van der Waals surface area contributed by atoms with Crippen molar-refractivity contribution in [2.45, 2.75) is 19.9 Å². The Kier molecular flexibility index (Phi) is 7.29. The van der Waals surface area contributed by atoms with Gasteiger partial charge in [0, 0.05) is 22.2 Å². The fourth-order valence-corrected chi connectivity index (χ4v) is 5.78. The van der Waals surface area contributed by atoms with E-state index in [1.807, 2.05) is 18.2 Å². The predicted octanol–water partition coefficient (Wildman–Crippen LogP) is 5.37. The second-order valence-electron chi connectivity index (χ2n) is 8.37. The Balaban J connectivity index is 1.67. The lowest BCUT2D eigenvalue weighted by molar-refractivity contribution is -0.139. The minimum Gasteiger partial charge on any atom is -0.496 e. The predicted molar refractivity (Wildman–Crippen MR) is 148 cm³/mol. The molecule has 1 aliphatic rings. The number of allylic oxidation sites excluding steroid dienone is 1. The summed E-state index contributed by atoms with van der Waals surface area (Å²) in [7, 11) is 1.55. The molecule has 0 fully saturated rings. The molecule has 0 unspecified atom stereocenters. The van der Waals surface area contributed by atoms with Crippen LogP contribution in [0.2, 0.25) is 10.0 Å². The van der Waals surface area contributed by atoms with Crippen molar-refractivity contribution in [1.82, 2.24) is 4.57 Å². The number of esters is 1. The SMILES string of the molecule is CCOC(=O)C1=C(C)N=c2s/c(=C\c3ccc(-c4cc(Cl)ccc4Cl)o3)c(=O)n2[C@@H]1c1ccccc1OC. The summed E-state index contributed by atoms with van der Waals surface area (Å²) in [4.78, 5) is 31.9. The molecule has 4 aromatic rings. The van der Waals surface area contributed by atoms with Crippen molar-refractivity contribution in [1.29, 1.82) is 0 Å². The average molecular weight is 569 g/mol. The van der Waals surface area contributed by atoms with Crippen molar-refractivity contribution >= 4 is 46.6 Å². The van der Waals surface area contributed by atoms with Crippen molar-refractivity contribution in [3.05, 3.63) is 107 Å². The van der Waals surface area contributed by atoms with E-state index < -0.39 is 12.0 Å². The van der Waals surface area contributed by atoms with E-state index in [4.69, 9.17) is 37.1 Å². The molecule has 0 spiro atoms. The third-order valence-corrected chi connectivity index (χ3v) is 7.59. The number of furan rings is 1. The van der Waals surface area contributed by atoms with Crippen LogP contribution in [0.5, 0.6) is 5.75 Å². The number of hydrogen-bond acceptors (Lipinski definition) is 7. The molecule has 5 rings (SSSR count). The van der Waals surface area contributed by atoms with Crippen LogP contribution in [0.3, 0.4) is 0 Å². The maximum Gasteiger partial charge on any atom is 0.338 e. The molecular weight excluding hydrogens is 547 g/mol. The van der Waals surface area contributed by atoms with Crippen LogP contribution >= 0.6 is 34.5 Å². The lowest BCUT2D eigenvalue weighted by Gasteiger charge is -2.25. The molecule has 0 saturated heterocycles. The quantitative estimate of drug-likeness (QED) is 0.292. The van der Waals surface area contributed by atoms with Crippen molar-refractivity contribution in [3.63, 3.8) is 0 Å². The number of rotatable bonds is 6. The van der Waals surface area contributed by atoms with Gasteiger partial charge in [-0.1, -0.05) is 52.7 Å². The molecule has 0 N–H and O–H groups in total. The largest absolute Gasteiger partial charge is 0.496 e. The number of halogens is 2. The number of methoxy groups -OCH3 is 1. The van der Waals surface area contributed by atoms with Crippen LogP contribution in [-0.4, -0.2) is 24.3 Å². The molecule has 2 aromatic carbocycles. The number of carbonyl (C=O) groups is 1. The third-order valence-electron chi connectivity index (χ3n) is 6.04. The Morgan fingerprint density at radius 1 is 1.18 bits per heavy atom. The van der Waals surface area contributed by atoms with Gasteiger partial charge >= 0.3 is 5.97 Å². The van der Waals surface area contributed by atoms with E-state index in [0.29, 0.717) is 53.5 Å². The van der Waals surface area contributed by atoms with Crippen molar-refractivity contribution in [2.75, 3.05) is 13.7 Å². The van der Waals surface area contributed by atoms with Gasteiger partial charge in [-0.2, -0.15) is 0 Å². The highest BCUT2D eigenvalue weighted by atomic mass is 35.5. The summed E-state index contributed by atoms with van der Waals surface area (Å²) in [6.45, 7) is 3.66. The van der Waals surface area contributed by atoms with Gasteiger partial charge in [0.2, 0.25) is 0 Å². The van der Waals surface area contributed by atoms with E-state index in [9.17, 15) is 9.59 Å². The van der Waals surface area contributed by atoms with Gasteiger partial charge in [-0.25, -0.2) is 9.79 Å². The van der Waals surface area contributed by atoms with Crippen LogP contribution in [0.1, 0.15) is 31.2 Å². The van der Waals surface area contributed by atoms with E-state index in [-0.39, 0.29) is 17.7 Å². The first-order chi connectivity index (χ1) is 18.3. The average Bonchev–Trinajstić information content (AvgIpc) is 3.49. The maximum absolute atomic E-state index is 13.8. The smallest absolute Gasteiger partial charge is 0.338 e. The maximum atomic E-state index is 13.8. The van der Waals surface area contributed by atoms with Crippen molar-refractivity contribution < 1.29 is 18.7 Å². The van der Waals surface area contributed by atoms with Crippen LogP contribution in [0.25, 0.3) is 17.4 Å². The first kappa shape index (κ1) is 26.0. The van der Waals surface area contributed by atoms with Gasteiger partial charge in [-0.05, 0) is 50.2 Å². The summed E-state index contributed by atoms with van der Waals surface area (Å²) < 4.78 is 18.8. The number of ether oxygens (including phenoxy) is 2. The van der Waals surface area contributed by atoms with Crippen LogP contribution < -0.4 is 19.6 Å². The Hall–Kier alpha value is -3.59. The van der Waals surface area contributed by atoms with Crippen LogP contribution in [0.15, 0.2) is 80.1 Å². The van der Waals surface area contributed by atoms with Gasteiger partial charge < -0.3 is 13.9 Å². The molecule has 0 aliphatic carbocycles. The first-order valence-corrected chi connectivity index (χ1v) is 13.3. The minimum atomic E-state index is -0.777. The summed E-state index contributed by atoms with van der Waals surface area (Å²) >= 11 is 13.7. The molecule has 0 bridgehead atoms. The molecule has 1 aliphatic heterocycles. The molecule has 3 heterocycles. The number of nitrogens with zero attached hydrogens (tertiary/aromatic N) is 2. The van der Waals surface area contributed by atoms with Crippen LogP contribution in [-0.2, 0) is 9.53 Å². The molecule has 0 amide bonds. The minimum absolute atomic E-state index is 0.191. The second-order valence-corrected chi connectivity index (χ2v) is 10.2. The summed E-state index contributed by atoms with van der Waals surface area (Å²) in [6, 6.07) is 15.1. The molecule has 2 aromatic heterocycles. The summed E-state index contributed by atoms with van der Waals surface area (Å²) in [5.74, 6) is 0.978. The first-order valence-electron chi connectivity index (χ1n) is 11.7. The number of fused-ring (bicyclic) bond motifs is 1. The van der Waals surface area contributed by atoms with Gasteiger partial charge in [0.15, 0.2) is 4.80 Å². The summed E-state index contributed by atoms with van der Waals surface area (Å²) in [5, 5.41) is 1.02. The van der Waals surface area contributed by atoms with Crippen LogP contribution in [0.4, 0.5) is 0 Å². The normalized spacial score (nSPS) is 15.3. The highest BCUT2D eigenvalue weighted by Gasteiger charge is 2.35. The zero-order chi connectivity index (χ0) is 27.0. The number of hydrogen-bond donors (Lipinski definition) is 0. The Morgan fingerprint density at radius 2 is 1.97 bits per heavy atom. The van der Waals surface area contributed by atoms with Gasteiger partial charge in [0.1, 0.15) is 23.3 Å². The van der Waals surface area contributed by atoms with Gasteiger partial charge in [0.25, 0.3) is 5.56 Å². The molecule has 10 heteroatoms. The third kappa shape index (κ3) is 4.71. The summed E-state index contributed by atoms with van der Waals surface area (Å²) in [6.07, 6.45) is 1.65. The molecular formula is C28H22Cl2N2O5S. The zero-order valence-corrected chi connectivity index (χ0v) is 23.0. The lowest BCUT2D eigenvalue weighted by Crippen LogP contribution is -2.40. The standard InChI is InChI=1S/C28H22Cl2N2O5S/c1-4-36-27(34)24-15(2)31-28-32(25(24)18-7-5-6-8-21(18)35-3)26(33)23(38-28)14-17-10-12-22(37-17)19-13-16(29)9-11-20(19)30/h5-14,25H,4H2,1-3H3/b23-14-/t25-/m1/s1. The van der Waals surface area contributed by atoms with Gasteiger partial charge in [-0.3, -0.25) is 9.36 Å². The van der Waals surface area contributed by atoms with E-state index >= 15 is 0 Å². The van der Waals surface area contributed by atoms with Gasteiger partial charge in [0.05, 0.1) is 34.5 Å². The number of thiazole rings is 1. The topological polar surface area (TPSA) is 83.0 Å². The van der Waals surface area contributed by atoms with E-state index in [2.05, 4.69) is 4.99 Å². The van der Waals surface area contributed by atoms with E-state index in [0.717, 1.165) is 0 Å². The van der Waals surface area contributed by atoms with Crippen LogP contribution in [0, 0.1) is 0 Å². The fourth-order valence-electron chi connectivity index (χ4n) is 4.37. The molecule has 38 heavy (non-hydrogen) atoms. The Labute approximate surface area is 231 Å². The number of para-hydroxylation sites is 1. The lowest BCUT2D eigenvalue weighted by atomic mass is 9.95. The monoisotopic (exact) mass is 568 g/mol. The number of aromatic nitrogens is 1. The highest BCUT2D eigenvalue weighted by Crippen LogP contribution is 2.36. The highest BCUT2D eigenvalue weighted by molar-refractivity contribution is 7.07. The van der Waals surface area contributed by atoms with E-state index in [1.54, 1.807) is 63.4 Å². The summed E-state index contributed by atoms with van der Waals surface area (Å²) in [5.41, 5.74) is 1.73. The number of benzene rings is 2. The van der Waals surface area contributed by atoms with E-state index in [1.165, 1.54) is 15.9 Å². The molecule has 0 radical (unpaired) electrons. The molecule has 194 valence electrons. The molecule has 1 atom stereocenters. The van der Waals surface area contributed by atoms with Crippen molar-refractivity contribution in [2.24, 2.45) is 4.99 Å². The van der Waals surface area contributed by atoms with Crippen molar-refractivity contribution in [3.8, 4) is 17.1 Å². The Bertz CT molecular complexity index is 1770. The van der Waals surface area contributed by atoms with Gasteiger partial charge in [-0.15, -0.1) is 0 Å². The Morgan fingerprint density at radius 3 is 2.74 bits per heavy atom. The number of carbonyl (C=O) groups excluding carboxylic acids is 1.